The zero-order valence-corrected chi connectivity index (χ0v) is 17.0. The summed E-state index contributed by atoms with van der Waals surface area (Å²) in [4.78, 5) is 2.73. The van der Waals surface area contributed by atoms with Crippen LogP contribution in [-0.2, 0) is 10.0 Å². The summed E-state index contributed by atoms with van der Waals surface area (Å²) in [5, 5.41) is 0.437. The van der Waals surface area contributed by atoms with E-state index in [4.69, 9.17) is 11.6 Å². The molecule has 7 heteroatoms. The first-order valence-electron chi connectivity index (χ1n) is 8.54. The molecule has 140 valence electrons. The van der Waals surface area contributed by atoms with Gasteiger partial charge in [-0.25, -0.2) is 8.42 Å². The lowest BCUT2D eigenvalue weighted by atomic mass is 9.97. The minimum Gasteiger partial charge on any atom is -0.297 e. The number of hydrogen-bond acceptors (Lipinski definition) is 3. The van der Waals surface area contributed by atoms with Crippen LogP contribution in [0.4, 0.5) is 0 Å². The molecule has 0 spiro atoms. The average Bonchev–Trinajstić information content (AvgIpc) is 3.04. The predicted molar refractivity (Wildman–Crippen MR) is 105 cm³/mol. The van der Waals surface area contributed by atoms with Crippen molar-refractivity contribution in [1.29, 1.82) is 0 Å². The number of likely N-dealkylation sites (N-methyl/N-ethyl adjacent to an activating group) is 1. The summed E-state index contributed by atoms with van der Waals surface area (Å²) in [5.74, 6) is 0.799. The fourth-order valence-electron chi connectivity index (χ4n) is 3.53. The van der Waals surface area contributed by atoms with Crippen LogP contribution in [0.1, 0.15) is 26.2 Å². The van der Waals surface area contributed by atoms with E-state index in [0.717, 1.165) is 25.4 Å². The van der Waals surface area contributed by atoms with E-state index in [1.165, 1.54) is 23.2 Å². The Kier molecular flexibility index (Phi) is 6.96. The molecule has 1 aliphatic heterocycles. The molecule has 0 amide bonds. The number of sulfonamides is 1. The van der Waals surface area contributed by atoms with Crippen molar-refractivity contribution in [2.45, 2.75) is 43.2 Å². The van der Waals surface area contributed by atoms with Crippen molar-refractivity contribution < 1.29 is 8.42 Å². The van der Waals surface area contributed by atoms with Crippen molar-refractivity contribution in [2.75, 3.05) is 20.1 Å². The van der Waals surface area contributed by atoms with Crippen LogP contribution in [0.2, 0.25) is 5.02 Å². The molecule has 0 N–H and O–H groups in total. The van der Waals surface area contributed by atoms with Crippen LogP contribution in [0.5, 0.6) is 0 Å². The lowest BCUT2D eigenvalue weighted by molar-refractivity contribution is 0.153. The molecule has 25 heavy (non-hydrogen) atoms. The van der Waals surface area contributed by atoms with Gasteiger partial charge in [0.05, 0.1) is 4.90 Å². The summed E-state index contributed by atoms with van der Waals surface area (Å²) in [6, 6.07) is 6.71. The minimum absolute atomic E-state index is 0. The molecule has 3 rings (SSSR count). The highest BCUT2D eigenvalue weighted by Gasteiger charge is 2.33. The van der Waals surface area contributed by atoms with Gasteiger partial charge < -0.3 is 0 Å². The van der Waals surface area contributed by atoms with Gasteiger partial charge in [-0.1, -0.05) is 36.7 Å². The Labute approximate surface area is 162 Å². The summed E-state index contributed by atoms with van der Waals surface area (Å²) < 4.78 is 27.1. The maximum Gasteiger partial charge on any atom is 0.243 e. The summed E-state index contributed by atoms with van der Waals surface area (Å²) in [5.41, 5.74) is 0. The maximum atomic E-state index is 12.8. The van der Waals surface area contributed by atoms with Crippen LogP contribution >= 0.6 is 24.0 Å². The molecule has 0 aromatic heterocycles. The fraction of sp³-hybridized carbons (Fsp3) is 0.556. The monoisotopic (exact) mass is 404 g/mol. The second-order valence-electron chi connectivity index (χ2n) is 6.95. The number of rotatable bonds is 4. The molecule has 1 saturated heterocycles. The van der Waals surface area contributed by atoms with E-state index in [9.17, 15) is 8.42 Å². The van der Waals surface area contributed by atoms with Crippen molar-refractivity contribution in [3.8, 4) is 0 Å². The second-order valence-corrected chi connectivity index (χ2v) is 9.39. The van der Waals surface area contributed by atoms with Gasteiger partial charge in [0.15, 0.2) is 0 Å². The highest BCUT2D eigenvalue weighted by atomic mass is 35.5. The van der Waals surface area contributed by atoms with Crippen LogP contribution in [0.15, 0.2) is 41.3 Å². The number of benzene rings is 1. The molecule has 0 bridgehead atoms. The quantitative estimate of drug-likeness (QED) is 0.716. The van der Waals surface area contributed by atoms with E-state index in [1.807, 2.05) is 6.08 Å². The highest BCUT2D eigenvalue weighted by Crippen LogP contribution is 2.28. The first-order chi connectivity index (χ1) is 11.4. The molecule has 0 radical (unpaired) electrons. The number of hydrogen-bond donors (Lipinski definition) is 0. The third kappa shape index (κ3) is 4.58. The summed E-state index contributed by atoms with van der Waals surface area (Å²) >= 11 is 5.95. The Balaban J connectivity index is 0.00000225. The van der Waals surface area contributed by atoms with Crippen LogP contribution in [0.25, 0.3) is 0 Å². The molecule has 1 aromatic rings. The third-order valence-electron chi connectivity index (χ3n) is 5.27. The van der Waals surface area contributed by atoms with Gasteiger partial charge in [0.1, 0.15) is 0 Å². The predicted octanol–water partition coefficient (Wildman–Crippen LogP) is 3.81. The molecule has 2 unspecified atom stereocenters. The van der Waals surface area contributed by atoms with Crippen LogP contribution < -0.4 is 0 Å². The average molecular weight is 405 g/mol. The first-order valence-corrected chi connectivity index (χ1v) is 10.4. The van der Waals surface area contributed by atoms with Crippen LogP contribution in [-0.4, -0.2) is 49.8 Å². The molecule has 1 aromatic carbocycles. The Morgan fingerprint density at radius 2 is 1.88 bits per heavy atom. The maximum absolute atomic E-state index is 12.8. The molecule has 4 nitrogen and oxygen atoms in total. The lowest BCUT2D eigenvalue weighted by Gasteiger charge is -2.35. The SMILES string of the molecule is CC1CCN(C2C=CC(N(C)S(=O)(=O)c3cccc(Cl)c3)C2)CC1.Cl. The Hall–Kier alpha value is -0.590. The molecule has 2 aliphatic rings. The van der Waals surface area contributed by atoms with Crippen molar-refractivity contribution in [3.05, 3.63) is 41.4 Å². The first kappa shape index (κ1) is 20.7. The summed E-state index contributed by atoms with van der Waals surface area (Å²) in [7, 11) is -1.87. The van der Waals surface area contributed by atoms with Gasteiger partial charge in [-0.2, -0.15) is 4.31 Å². The molecular formula is C18H26Cl2N2O2S. The number of piperidine rings is 1. The summed E-state index contributed by atoms with van der Waals surface area (Å²) in [6.45, 7) is 4.51. The van der Waals surface area contributed by atoms with Gasteiger partial charge in [-0.05, 0) is 56.5 Å². The van der Waals surface area contributed by atoms with E-state index in [1.54, 1.807) is 25.2 Å². The molecule has 2 atom stereocenters. The van der Waals surface area contributed by atoms with Gasteiger partial charge in [0.2, 0.25) is 10.0 Å². The van der Waals surface area contributed by atoms with Crippen molar-refractivity contribution in [1.82, 2.24) is 9.21 Å². The Morgan fingerprint density at radius 3 is 2.52 bits per heavy atom. The van der Waals surface area contributed by atoms with E-state index < -0.39 is 10.0 Å². The normalized spacial score (nSPS) is 25.3. The van der Waals surface area contributed by atoms with E-state index in [2.05, 4.69) is 17.9 Å². The van der Waals surface area contributed by atoms with Crippen molar-refractivity contribution in [3.63, 3.8) is 0 Å². The molecule has 1 aliphatic carbocycles. The van der Waals surface area contributed by atoms with E-state index in [0.29, 0.717) is 11.1 Å². The van der Waals surface area contributed by atoms with Crippen molar-refractivity contribution in [2.24, 2.45) is 5.92 Å². The standard InChI is InChI=1S/C18H25ClN2O2S.ClH/c1-14-8-10-21(11-9-14)17-7-6-16(13-17)20(2)24(22,23)18-5-3-4-15(19)12-18;/h3-7,12,14,16-17H,8-11,13H2,1-2H3;1H. The summed E-state index contributed by atoms with van der Waals surface area (Å²) in [6.07, 6.45) is 7.48. The van der Waals surface area contributed by atoms with Gasteiger partial charge >= 0.3 is 0 Å². The van der Waals surface area contributed by atoms with Gasteiger partial charge in [0, 0.05) is 24.2 Å². The Bertz CT molecular complexity index is 716. The largest absolute Gasteiger partial charge is 0.297 e. The lowest BCUT2D eigenvalue weighted by Crippen LogP contribution is -2.42. The molecular weight excluding hydrogens is 379 g/mol. The Morgan fingerprint density at radius 1 is 1.20 bits per heavy atom. The molecule has 1 heterocycles. The van der Waals surface area contributed by atoms with Crippen LogP contribution in [0.3, 0.4) is 0 Å². The molecule has 1 fully saturated rings. The third-order valence-corrected chi connectivity index (χ3v) is 7.38. The van der Waals surface area contributed by atoms with E-state index in [-0.39, 0.29) is 23.3 Å². The highest BCUT2D eigenvalue weighted by molar-refractivity contribution is 7.89. The zero-order chi connectivity index (χ0) is 17.3. The fourth-order valence-corrected chi connectivity index (χ4v) is 5.16. The zero-order valence-electron chi connectivity index (χ0n) is 14.6. The van der Waals surface area contributed by atoms with Gasteiger partial charge in [-0.3, -0.25) is 4.90 Å². The minimum atomic E-state index is -3.53. The van der Waals surface area contributed by atoms with E-state index >= 15 is 0 Å². The second kappa shape index (κ2) is 8.40. The van der Waals surface area contributed by atoms with Crippen LogP contribution in [0, 0.1) is 5.92 Å². The number of nitrogens with zero attached hydrogens (tertiary/aromatic N) is 2. The smallest absolute Gasteiger partial charge is 0.243 e. The molecule has 0 saturated carbocycles. The number of likely N-dealkylation sites (tertiary alicyclic amines) is 1. The number of halogens is 2. The van der Waals surface area contributed by atoms with Gasteiger partial charge in [-0.15, -0.1) is 12.4 Å². The van der Waals surface area contributed by atoms with Gasteiger partial charge in [0.25, 0.3) is 0 Å². The topological polar surface area (TPSA) is 40.6 Å². The van der Waals surface area contributed by atoms with Crippen molar-refractivity contribution >= 4 is 34.0 Å².